The summed E-state index contributed by atoms with van der Waals surface area (Å²) in [5, 5.41) is 10.6. The first kappa shape index (κ1) is 36.3. The van der Waals surface area contributed by atoms with Crippen molar-refractivity contribution in [2.75, 3.05) is 13.2 Å². The van der Waals surface area contributed by atoms with Crippen LogP contribution >= 0.6 is 0 Å². The maximum absolute atomic E-state index is 12.2. The summed E-state index contributed by atoms with van der Waals surface area (Å²) in [6.07, 6.45) is -16.3. The molecule has 248 valence electrons. The average Bonchev–Trinajstić information content (AvgIpc) is 2.87. The molecule has 0 radical (unpaired) electrons. The highest BCUT2D eigenvalue weighted by atomic mass is 16.8. The second-order valence-corrected chi connectivity index (χ2v) is 9.68. The molecule has 18 nitrogen and oxygen atoms in total. The summed E-state index contributed by atoms with van der Waals surface area (Å²) in [6.45, 7) is 6.11. The number of hydrogen-bond donors (Lipinski definition) is 1. The van der Waals surface area contributed by atoms with E-state index in [0.29, 0.717) is 0 Å². The first-order valence-electron chi connectivity index (χ1n) is 13.3. The van der Waals surface area contributed by atoms with Crippen molar-refractivity contribution in [3.8, 4) is 0 Å². The number of esters is 7. The van der Waals surface area contributed by atoms with Crippen LogP contribution in [0.1, 0.15) is 48.5 Å². The number of hydrogen-bond acceptors (Lipinski definition) is 18. The zero-order chi connectivity index (χ0) is 33.3. The number of aliphatic hydroxyl groups excluding tert-OH is 1. The lowest BCUT2D eigenvalue weighted by Crippen LogP contribution is -2.67. The lowest BCUT2D eigenvalue weighted by Gasteiger charge is -2.48. The Hall–Kier alpha value is -3.87. The van der Waals surface area contributed by atoms with Crippen LogP contribution in [0.3, 0.4) is 0 Å². The van der Waals surface area contributed by atoms with Crippen molar-refractivity contribution in [1.29, 1.82) is 0 Å². The Kier molecular flexibility index (Phi) is 13.4. The highest BCUT2D eigenvalue weighted by Crippen LogP contribution is 2.34. The molecular weight excluding hydrogens is 600 g/mol. The Morgan fingerprint density at radius 2 is 0.841 bits per heavy atom. The molecule has 2 fully saturated rings. The van der Waals surface area contributed by atoms with Crippen molar-refractivity contribution >= 4 is 41.8 Å². The Balaban J connectivity index is 2.66. The number of aliphatic hydroxyl groups is 1. The van der Waals surface area contributed by atoms with Crippen molar-refractivity contribution < 1.29 is 86.0 Å². The molecule has 0 amide bonds. The first-order chi connectivity index (χ1) is 20.5. The van der Waals surface area contributed by atoms with Gasteiger partial charge in [-0.3, -0.25) is 33.6 Å². The monoisotopic (exact) mass is 636 g/mol. The Bertz CT molecular complexity index is 1090. The Morgan fingerprint density at radius 1 is 0.477 bits per heavy atom. The fourth-order valence-electron chi connectivity index (χ4n) is 4.49. The van der Waals surface area contributed by atoms with E-state index in [0.717, 1.165) is 48.5 Å². The number of carbonyl (C=O) groups is 7. The summed E-state index contributed by atoms with van der Waals surface area (Å²) in [5.74, 6) is -6.03. The number of ether oxygens (including phenoxy) is 10. The van der Waals surface area contributed by atoms with Gasteiger partial charge in [0.1, 0.15) is 31.5 Å². The van der Waals surface area contributed by atoms with E-state index in [9.17, 15) is 38.7 Å². The lowest BCUT2D eigenvalue weighted by molar-refractivity contribution is -0.357. The van der Waals surface area contributed by atoms with Crippen LogP contribution in [0.25, 0.3) is 0 Å². The molecule has 0 unspecified atom stereocenters. The smallest absolute Gasteiger partial charge is 0.303 e. The maximum Gasteiger partial charge on any atom is 0.303 e. The van der Waals surface area contributed by atoms with Gasteiger partial charge in [-0.1, -0.05) is 0 Å². The molecule has 0 aromatic carbocycles. The summed E-state index contributed by atoms with van der Waals surface area (Å²) in [4.78, 5) is 83.5. The SMILES string of the molecule is CC(=O)OC[C@@H]1O[C@@H](O[C@H]2[C@@H](OC(C)=O)[C@@H](OC(C)=O)[C@H](O)O[C@@H]2COC(C)=O)[C@H](OC(C)=O)[C@H](OC(C)=O)[C@@H]1OC(C)=O. The van der Waals surface area contributed by atoms with Crippen molar-refractivity contribution in [2.45, 2.75) is 110 Å². The molecule has 0 saturated carbocycles. The summed E-state index contributed by atoms with van der Waals surface area (Å²) < 4.78 is 54.1. The van der Waals surface area contributed by atoms with Gasteiger partial charge in [0, 0.05) is 48.5 Å². The predicted molar refractivity (Wildman–Crippen MR) is 135 cm³/mol. The summed E-state index contributed by atoms with van der Waals surface area (Å²) >= 11 is 0. The average molecular weight is 637 g/mol. The zero-order valence-corrected chi connectivity index (χ0v) is 25.1. The molecule has 44 heavy (non-hydrogen) atoms. The van der Waals surface area contributed by atoms with Gasteiger partial charge in [-0.2, -0.15) is 0 Å². The third-order valence-corrected chi connectivity index (χ3v) is 5.90. The number of rotatable bonds is 11. The summed E-state index contributed by atoms with van der Waals surface area (Å²) in [6, 6.07) is 0. The van der Waals surface area contributed by atoms with Crippen LogP contribution in [0.15, 0.2) is 0 Å². The molecule has 0 aliphatic carbocycles. The van der Waals surface area contributed by atoms with Gasteiger partial charge < -0.3 is 52.5 Å². The molecule has 2 rings (SSSR count). The first-order valence-corrected chi connectivity index (χ1v) is 13.3. The van der Waals surface area contributed by atoms with E-state index in [4.69, 9.17) is 47.4 Å². The second-order valence-electron chi connectivity index (χ2n) is 9.68. The second kappa shape index (κ2) is 16.3. The van der Waals surface area contributed by atoms with E-state index in [2.05, 4.69) is 0 Å². The molecule has 0 spiro atoms. The zero-order valence-electron chi connectivity index (χ0n) is 25.1. The molecule has 2 saturated heterocycles. The molecule has 2 aliphatic heterocycles. The van der Waals surface area contributed by atoms with Crippen molar-refractivity contribution in [3.63, 3.8) is 0 Å². The van der Waals surface area contributed by atoms with Gasteiger partial charge in [-0.25, -0.2) is 0 Å². The third-order valence-electron chi connectivity index (χ3n) is 5.90. The molecule has 2 aliphatic rings. The van der Waals surface area contributed by atoms with Crippen LogP contribution in [0.2, 0.25) is 0 Å². The van der Waals surface area contributed by atoms with E-state index in [1.807, 2.05) is 0 Å². The quantitative estimate of drug-likeness (QED) is 0.203. The topological polar surface area (TPSA) is 232 Å². The lowest BCUT2D eigenvalue weighted by atomic mass is 9.96. The van der Waals surface area contributed by atoms with E-state index in [-0.39, 0.29) is 0 Å². The maximum atomic E-state index is 12.2. The van der Waals surface area contributed by atoms with Crippen LogP contribution in [0, 0.1) is 0 Å². The van der Waals surface area contributed by atoms with Gasteiger partial charge in [0.05, 0.1) is 0 Å². The summed E-state index contributed by atoms with van der Waals surface area (Å²) in [7, 11) is 0. The van der Waals surface area contributed by atoms with E-state index in [1.54, 1.807) is 0 Å². The largest absolute Gasteiger partial charge is 0.463 e. The van der Waals surface area contributed by atoms with Gasteiger partial charge in [0.25, 0.3) is 0 Å². The van der Waals surface area contributed by atoms with Gasteiger partial charge in [0.2, 0.25) is 0 Å². The number of carbonyl (C=O) groups excluding carboxylic acids is 7. The van der Waals surface area contributed by atoms with Crippen LogP contribution in [-0.2, 0) is 80.9 Å². The van der Waals surface area contributed by atoms with Crippen molar-refractivity contribution in [1.82, 2.24) is 0 Å². The van der Waals surface area contributed by atoms with Gasteiger partial charge in [0.15, 0.2) is 43.1 Å². The van der Waals surface area contributed by atoms with Gasteiger partial charge in [-0.05, 0) is 0 Å². The molecule has 2 heterocycles. The van der Waals surface area contributed by atoms with Crippen LogP contribution in [0.5, 0.6) is 0 Å². The van der Waals surface area contributed by atoms with Crippen LogP contribution in [0.4, 0.5) is 0 Å². The van der Waals surface area contributed by atoms with Gasteiger partial charge >= 0.3 is 41.8 Å². The normalized spacial score (nSPS) is 31.5. The Labute approximate surface area is 251 Å². The molecule has 0 aromatic heterocycles. The molecule has 0 aromatic rings. The highest BCUT2D eigenvalue weighted by Gasteiger charge is 2.57. The molecular formula is C26H36O18. The molecule has 10 atom stereocenters. The van der Waals surface area contributed by atoms with Crippen LogP contribution in [-0.4, -0.2) is 122 Å². The Morgan fingerprint density at radius 3 is 1.27 bits per heavy atom. The van der Waals surface area contributed by atoms with E-state index >= 15 is 0 Å². The van der Waals surface area contributed by atoms with Crippen LogP contribution < -0.4 is 0 Å². The van der Waals surface area contributed by atoms with E-state index in [1.165, 1.54) is 0 Å². The van der Waals surface area contributed by atoms with Crippen molar-refractivity contribution in [2.24, 2.45) is 0 Å². The fraction of sp³-hybridized carbons (Fsp3) is 0.731. The minimum Gasteiger partial charge on any atom is -0.463 e. The van der Waals surface area contributed by atoms with Gasteiger partial charge in [-0.15, -0.1) is 0 Å². The highest BCUT2D eigenvalue weighted by molar-refractivity contribution is 5.69. The molecule has 0 bridgehead atoms. The van der Waals surface area contributed by atoms with E-state index < -0.39 is 116 Å². The van der Waals surface area contributed by atoms with Crippen molar-refractivity contribution in [3.05, 3.63) is 0 Å². The minimum absolute atomic E-state index is 0.572. The molecule has 18 heteroatoms. The fourth-order valence-corrected chi connectivity index (χ4v) is 4.49. The third kappa shape index (κ3) is 10.7. The minimum atomic E-state index is -1.90. The predicted octanol–water partition coefficient (Wildman–Crippen LogP) is -1.40. The summed E-state index contributed by atoms with van der Waals surface area (Å²) in [5.41, 5.74) is 0. The molecule has 1 N–H and O–H groups in total. The standard InChI is InChI=1S/C26H36O18/c1-10(27)35-8-17-20(21(38-13(4)30)23(25(34)42-17)40-15(6)32)44-26-24(41-16(7)33)22(39-14(5)31)19(37-12(3)29)18(43-26)9-36-11(2)28/h17-26,34H,8-9H2,1-7H3/t17-,18+,19-,20-,21-,22-,23-,24-,25-,26+/m1/s1.